The van der Waals surface area contributed by atoms with Gasteiger partial charge in [-0.1, -0.05) is 60.7 Å². The smallest absolute Gasteiger partial charge is 0.242 e. The summed E-state index contributed by atoms with van der Waals surface area (Å²) in [5.74, 6) is -0.713. The number of hydrogen-bond acceptors (Lipinski definition) is 4. The lowest BCUT2D eigenvalue weighted by Crippen LogP contribution is -2.50. The third kappa shape index (κ3) is 6.96. The summed E-state index contributed by atoms with van der Waals surface area (Å²) in [5, 5.41) is 2.73. The van der Waals surface area contributed by atoms with Crippen molar-refractivity contribution in [2.75, 3.05) is 19.3 Å². The highest BCUT2D eigenvalue weighted by atomic mass is 32.2. The second kappa shape index (κ2) is 10.9. The van der Waals surface area contributed by atoms with Crippen molar-refractivity contribution >= 4 is 21.8 Å². The van der Waals surface area contributed by atoms with Gasteiger partial charge in [-0.2, -0.15) is 4.31 Å². The first kappa shape index (κ1) is 23.6. The number of sulfonamides is 1. The quantitative estimate of drug-likeness (QED) is 0.623. The van der Waals surface area contributed by atoms with Crippen molar-refractivity contribution in [2.45, 2.75) is 33.0 Å². The van der Waals surface area contributed by atoms with Gasteiger partial charge in [0, 0.05) is 19.6 Å². The van der Waals surface area contributed by atoms with E-state index < -0.39 is 22.0 Å². The molecule has 2 rings (SSSR count). The Kier molecular flexibility index (Phi) is 8.56. The molecule has 0 aromatic heterocycles. The zero-order valence-corrected chi connectivity index (χ0v) is 18.4. The van der Waals surface area contributed by atoms with Crippen LogP contribution in [0.3, 0.4) is 0 Å². The fourth-order valence-electron chi connectivity index (χ4n) is 3.00. The summed E-state index contributed by atoms with van der Waals surface area (Å²) in [7, 11) is -3.64. The van der Waals surface area contributed by atoms with E-state index in [0.29, 0.717) is 6.54 Å². The highest BCUT2D eigenvalue weighted by Gasteiger charge is 2.29. The molecule has 162 valence electrons. The molecular weight excluding hydrogens is 402 g/mol. The molecule has 1 N–H and O–H groups in total. The molecule has 1 unspecified atom stereocenters. The van der Waals surface area contributed by atoms with Crippen LogP contribution in [0.2, 0.25) is 0 Å². The molecule has 7 nitrogen and oxygen atoms in total. The topological polar surface area (TPSA) is 86.8 Å². The van der Waals surface area contributed by atoms with Gasteiger partial charge in [0.05, 0.1) is 12.8 Å². The van der Waals surface area contributed by atoms with Gasteiger partial charge in [0.1, 0.15) is 6.04 Å². The maximum absolute atomic E-state index is 13.2. The average Bonchev–Trinajstić information content (AvgIpc) is 2.72. The average molecular weight is 432 g/mol. The zero-order valence-electron chi connectivity index (χ0n) is 17.6. The molecule has 8 heteroatoms. The molecule has 0 radical (unpaired) electrons. The van der Waals surface area contributed by atoms with Gasteiger partial charge in [-0.05, 0) is 25.0 Å². The van der Waals surface area contributed by atoms with Crippen molar-refractivity contribution in [3.63, 3.8) is 0 Å². The Morgan fingerprint density at radius 3 is 1.90 bits per heavy atom. The number of likely N-dealkylation sites (N-methyl/N-ethyl adjacent to an activating group) is 1. The Hall–Kier alpha value is -2.71. The van der Waals surface area contributed by atoms with Gasteiger partial charge in [-0.25, -0.2) is 8.42 Å². The van der Waals surface area contributed by atoms with Crippen molar-refractivity contribution < 1.29 is 18.0 Å². The second-order valence-electron chi connectivity index (χ2n) is 7.09. The minimum absolute atomic E-state index is 0.0835. The fourth-order valence-corrected chi connectivity index (χ4v) is 3.73. The molecule has 0 aliphatic rings. The van der Waals surface area contributed by atoms with Gasteiger partial charge in [0.25, 0.3) is 0 Å². The molecule has 0 fully saturated rings. The van der Waals surface area contributed by atoms with Crippen molar-refractivity contribution in [3.05, 3.63) is 71.8 Å². The number of amides is 2. The summed E-state index contributed by atoms with van der Waals surface area (Å²) in [5.41, 5.74) is 1.64. The van der Waals surface area contributed by atoms with Gasteiger partial charge in [0.2, 0.25) is 21.8 Å². The van der Waals surface area contributed by atoms with Crippen molar-refractivity contribution in [1.29, 1.82) is 0 Å². The number of hydrogen-bond donors (Lipinski definition) is 1. The van der Waals surface area contributed by atoms with Gasteiger partial charge < -0.3 is 10.2 Å². The van der Waals surface area contributed by atoms with Gasteiger partial charge in [-0.15, -0.1) is 0 Å². The predicted octanol–water partition coefficient (Wildman–Crippen LogP) is 2.00. The maximum atomic E-state index is 13.2. The van der Waals surface area contributed by atoms with Crippen molar-refractivity contribution in [1.82, 2.24) is 14.5 Å². The molecule has 0 aliphatic carbocycles. The molecule has 0 saturated heterocycles. The van der Waals surface area contributed by atoms with E-state index in [4.69, 9.17) is 0 Å². The van der Waals surface area contributed by atoms with Crippen LogP contribution in [-0.4, -0.2) is 54.8 Å². The molecule has 2 aromatic rings. The first-order valence-corrected chi connectivity index (χ1v) is 11.7. The van der Waals surface area contributed by atoms with E-state index in [1.807, 2.05) is 60.7 Å². The van der Waals surface area contributed by atoms with Gasteiger partial charge in [0.15, 0.2) is 0 Å². The van der Waals surface area contributed by atoms with E-state index in [0.717, 1.165) is 21.7 Å². The van der Waals surface area contributed by atoms with Crippen LogP contribution >= 0.6 is 0 Å². The third-order valence-electron chi connectivity index (χ3n) is 4.70. The Balaban J connectivity index is 2.26. The normalized spacial score (nSPS) is 12.4. The fraction of sp³-hybridized carbons (Fsp3) is 0.364. The van der Waals surface area contributed by atoms with Crippen LogP contribution in [0.4, 0.5) is 0 Å². The zero-order chi connectivity index (χ0) is 22.1. The standard InChI is InChI=1S/C22H29N3O4S/c1-4-23-22(27)18(2)25(16-20-13-9-6-10-14-20)21(26)17-24(30(3,28)29)15-19-11-7-5-8-12-19/h5-14,18H,4,15-17H2,1-3H3,(H,23,27). The molecule has 30 heavy (non-hydrogen) atoms. The molecule has 0 aliphatic heterocycles. The number of nitrogens with one attached hydrogen (secondary N) is 1. The monoisotopic (exact) mass is 431 g/mol. The van der Waals surface area contributed by atoms with E-state index >= 15 is 0 Å². The van der Waals surface area contributed by atoms with Crippen LogP contribution in [0.5, 0.6) is 0 Å². The minimum atomic E-state index is -3.64. The van der Waals surface area contributed by atoms with Crippen LogP contribution in [-0.2, 0) is 32.7 Å². The number of carbonyl (C=O) groups excluding carboxylic acids is 2. The molecule has 0 saturated carbocycles. The lowest BCUT2D eigenvalue weighted by atomic mass is 10.1. The van der Waals surface area contributed by atoms with Crippen LogP contribution in [0.15, 0.2) is 60.7 Å². The lowest BCUT2D eigenvalue weighted by molar-refractivity contribution is -0.140. The Morgan fingerprint density at radius 1 is 0.933 bits per heavy atom. The first-order valence-electron chi connectivity index (χ1n) is 9.82. The predicted molar refractivity (Wildman–Crippen MR) is 117 cm³/mol. The molecule has 2 amide bonds. The highest BCUT2D eigenvalue weighted by Crippen LogP contribution is 2.13. The van der Waals surface area contributed by atoms with Gasteiger partial charge in [-0.3, -0.25) is 9.59 Å². The van der Waals surface area contributed by atoms with E-state index in [1.165, 1.54) is 4.90 Å². The van der Waals surface area contributed by atoms with Crippen LogP contribution in [0.1, 0.15) is 25.0 Å². The van der Waals surface area contributed by atoms with Gasteiger partial charge >= 0.3 is 0 Å². The molecule has 0 bridgehead atoms. The summed E-state index contributed by atoms with van der Waals surface area (Å²) in [6.07, 6.45) is 1.08. The van der Waals surface area contributed by atoms with Crippen molar-refractivity contribution in [3.8, 4) is 0 Å². The first-order chi connectivity index (χ1) is 14.2. The Morgan fingerprint density at radius 2 is 1.43 bits per heavy atom. The van der Waals surface area contributed by atoms with E-state index in [1.54, 1.807) is 13.8 Å². The van der Waals surface area contributed by atoms with E-state index in [-0.39, 0.29) is 25.5 Å². The lowest BCUT2D eigenvalue weighted by Gasteiger charge is -2.30. The van der Waals surface area contributed by atoms with E-state index in [2.05, 4.69) is 5.32 Å². The number of carbonyl (C=O) groups is 2. The number of nitrogens with zero attached hydrogens (tertiary/aromatic N) is 2. The minimum Gasteiger partial charge on any atom is -0.355 e. The van der Waals surface area contributed by atoms with Crippen molar-refractivity contribution in [2.24, 2.45) is 0 Å². The molecule has 0 spiro atoms. The molecular formula is C22H29N3O4S. The maximum Gasteiger partial charge on any atom is 0.242 e. The van der Waals surface area contributed by atoms with Crippen LogP contribution in [0.25, 0.3) is 0 Å². The highest BCUT2D eigenvalue weighted by molar-refractivity contribution is 7.88. The summed E-state index contributed by atoms with van der Waals surface area (Å²) >= 11 is 0. The summed E-state index contributed by atoms with van der Waals surface area (Å²) in [6.45, 7) is 3.85. The SMILES string of the molecule is CCNC(=O)C(C)N(Cc1ccccc1)C(=O)CN(Cc1ccccc1)S(C)(=O)=O. The summed E-state index contributed by atoms with van der Waals surface area (Å²) < 4.78 is 25.8. The largest absolute Gasteiger partial charge is 0.355 e. The summed E-state index contributed by atoms with van der Waals surface area (Å²) in [4.78, 5) is 27.0. The Bertz CT molecular complexity index is 933. The Labute approximate surface area is 178 Å². The van der Waals surface area contributed by atoms with E-state index in [9.17, 15) is 18.0 Å². The number of benzene rings is 2. The third-order valence-corrected chi connectivity index (χ3v) is 5.89. The van der Waals surface area contributed by atoms with Crippen LogP contribution < -0.4 is 5.32 Å². The molecule has 0 heterocycles. The second-order valence-corrected chi connectivity index (χ2v) is 9.08. The number of rotatable bonds is 10. The molecule has 2 aromatic carbocycles. The molecule has 1 atom stereocenters. The van der Waals surface area contributed by atoms with Crippen LogP contribution in [0, 0.1) is 0 Å². The summed E-state index contributed by atoms with van der Waals surface area (Å²) in [6, 6.07) is 17.7.